The number of hydrogen-bond donors (Lipinski definition) is 0. The average molecular weight is 334 g/mol. The van der Waals surface area contributed by atoms with E-state index in [2.05, 4.69) is 70.5 Å². The zero-order valence-corrected chi connectivity index (χ0v) is 14.7. The van der Waals surface area contributed by atoms with Crippen molar-refractivity contribution in [1.29, 1.82) is 0 Å². The number of nitrogens with zero attached hydrogens (tertiary/aromatic N) is 2. The molecule has 2 fully saturated rings. The predicted molar refractivity (Wildman–Crippen MR) is 100 cm³/mol. The normalized spacial score (nSPS) is 24.9. The van der Waals surface area contributed by atoms with Crippen molar-refractivity contribution >= 4 is 5.78 Å². The Hall–Kier alpha value is -1.97. The van der Waals surface area contributed by atoms with Gasteiger partial charge in [0.2, 0.25) is 0 Å². The molecule has 0 aliphatic carbocycles. The van der Waals surface area contributed by atoms with Crippen LogP contribution in [-0.2, 0) is 17.9 Å². The molecule has 0 radical (unpaired) electrons. The monoisotopic (exact) mass is 334 g/mol. The molecular weight excluding hydrogens is 308 g/mol. The molecule has 2 aliphatic rings. The van der Waals surface area contributed by atoms with Gasteiger partial charge < -0.3 is 0 Å². The van der Waals surface area contributed by atoms with E-state index in [1.165, 1.54) is 11.1 Å². The summed E-state index contributed by atoms with van der Waals surface area (Å²) in [6.45, 7) is 5.66. The van der Waals surface area contributed by atoms with E-state index < -0.39 is 0 Å². The first-order chi connectivity index (χ1) is 12.3. The highest BCUT2D eigenvalue weighted by atomic mass is 16.1. The lowest BCUT2D eigenvalue weighted by molar-refractivity contribution is -0.131. The van der Waals surface area contributed by atoms with Crippen LogP contribution in [0, 0.1) is 11.8 Å². The van der Waals surface area contributed by atoms with E-state index in [1.807, 2.05) is 0 Å². The first-order valence-corrected chi connectivity index (χ1v) is 9.34. The topological polar surface area (TPSA) is 23.6 Å². The van der Waals surface area contributed by atoms with Gasteiger partial charge in [-0.1, -0.05) is 60.7 Å². The smallest absolute Gasteiger partial charge is 0.142 e. The number of likely N-dealkylation sites (tertiary alicyclic amines) is 2. The summed E-state index contributed by atoms with van der Waals surface area (Å²) in [4.78, 5) is 17.7. The third-order valence-electron chi connectivity index (χ3n) is 5.53. The minimum Gasteiger partial charge on any atom is -0.299 e. The molecule has 2 bridgehead atoms. The number of carbonyl (C=O) groups is 1. The zero-order chi connectivity index (χ0) is 17.1. The van der Waals surface area contributed by atoms with Crippen LogP contribution in [0.3, 0.4) is 0 Å². The molecule has 3 heteroatoms. The van der Waals surface area contributed by atoms with Crippen LogP contribution in [0.25, 0.3) is 0 Å². The number of hydrogen-bond acceptors (Lipinski definition) is 3. The Labute approximate surface area is 150 Å². The van der Waals surface area contributed by atoms with E-state index in [-0.39, 0.29) is 11.8 Å². The first kappa shape index (κ1) is 16.5. The Bertz CT molecular complexity index is 661. The molecule has 0 amide bonds. The highest BCUT2D eigenvalue weighted by Gasteiger charge is 2.38. The Morgan fingerprint density at radius 2 is 1.24 bits per heavy atom. The molecule has 0 saturated carbocycles. The molecule has 130 valence electrons. The molecule has 2 saturated heterocycles. The third-order valence-corrected chi connectivity index (χ3v) is 5.53. The van der Waals surface area contributed by atoms with Gasteiger partial charge in [-0.05, 0) is 24.1 Å². The molecule has 2 heterocycles. The number of piperidine rings is 1. The van der Waals surface area contributed by atoms with Gasteiger partial charge in [-0.3, -0.25) is 14.6 Å². The van der Waals surface area contributed by atoms with Gasteiger partial charge >= 0.3 is 0 Å². The molecule has 25 heavy (non-hydrogen) atoms. The van der Waals surface area contributed by atoms with E-state index in [0.29, 0.717) is 5.78 Å². The molecule has 2 aliphatic heterocycles. The maximum atomic E-state index is 12.8. The van der Waals surface area contributed by atoms with Gasteiger partial charge in [0.05, 0.1) is 0 Å². The Kier molecular flexibility index (Phi) is 4.95. The summed E-state index contributed by atoms with van der Waals surface area (Å²) in [6, 6.07) is 21.2. The summed E-state index contributed by atoms with van der Waals surface area (Å²) in [5.74, 6) is 0.872. The van der Waals surface area contributed by atoms with Crippen LogP contribution < -0.4 is 0 Å². The molecule has 3 nitrogen and oxygen atoms in total. The van der Waals surface area contributed by atoms with Crippen LogP contribution in [0.5, 0.6) is 0 Å². The van der Waals surface area contributed by atoms with E-state index in [1.54, 1.807) is 0 Å². The zero-order valence-electron chi connectivity index (χ0n) is 14.7. The summed E-state index contributed by atoms with van der Waals surface area (Å²) < 4.78 is 0. The second kappa shape index (κ2) is 7.51. The van der Waals surface area contributed by atoms with Crippen LogP contribution in [0.1, 0.15) is 17.5 Å². The molecule has 2 unspecified atom stereocenters. The predicted octanol–water partition coefficient (Wildman–Crippen LogP) is 3.21. The second-order valence-corrected chi connectivity index (χ2v) is 7.49. The van der Waals surface area contributed by atoms with Crippen molar-refractivity contribution in [3.63, 3.8) is 0 Å². The fraction of sp³-hybridized carbons (Fsp3) is 0.409. The molecule has 4 rings (SSSR count). The molecule has 2 atom stereocenters. The van der Waals surface area contributed by atoms with Gasteiger partial charge in [-0.15, -0.1) is 0 Å². The lowest BCUT2D eigenvalue weighted by Gasteiger charge is -2.35. The van der Waals surface area contributed by atoms with Crippen LogP contribution in [0.4, 0.5) is 0 Å². The summed E-state index contributed by atoms with van der Waals surface area (Å²) in [6.07, 6.45) is 0.994. The Balaban J connectivity index is 1.43. The molecule has 2 aromatic carbocycles. The first-order valence-electron chi connectivity index (χ1n) is 9.34. The van der Waals surface area contributed by atoms with Crippen molar-refractivity contribution < 1.29 is 4.79 Å². The van der Waals surface area contributed by atoms with E-state index in [0.717, 1.165) is 45.7 Å². The third kappa shape index (κ3) is 4.00. The maximum Gasteiger partial charge on any atom is 0.142 e. The van der Waals surface area contributed by atoms with Crippen LogP contribution >= 0.6 is 0 Å². The van der Waals surface area contributed by atoms with Crippen LogP contribution in [-0.4, -0.2) is 41.8 Å². The standard InChI is InChI=1S/C22H26N2O/c25-22-20-11-12-23(13-18-7-3-1-4-8-18)16-21(22)17-24(15-20)14-19-9-5-2-6-10-19/h1-10,20-21H,11-17H2. The minimum atomic E-state index is 0.161. The van der Waals surface area contributed by atoms with Gasteiger partial charge in [0.15, 0.2) is 0 Å². The molecule has 0 N–H and O–H groups in total. The van der Waals surface area contributed by atoms with Crippen LogP contribution in [0.15, 0.2) is 60.7 Å². The van der Waals surface area contributed by atoms with Gasteiger partial charge in [0.25, 0.3) is 0 Å². The number of benzene rings is 2. The fourth-order valence-corrected chi connectivity index (χ4v) is 4.29. The molecular formula is C22H26N2O. The fourth-order valence-electron chi connectivity index (χ4n) is 4.29. The summed E-state index contributed by atoms with van der Waals surface area (Å²) in [5, 5.41) is 0. The Morgan fingerprint density at radius 3 is 1.88 bits per heavy atom. The van der Waals surface area contributed by atoms with E-state index >= 15 is 0 Å². The van der Waals surface area contributed by atoms with Crippen molar-refractivity contribution in [2.45, 2.75) is 19.5 Å². The highest BCUT2D eigenvalue weighted by Crippen LogP contribution is 2.27. The number of ketones is 1. The minimum absolute atomic E-state index is 0.161. The summed E-state index contributed by atoms with van der Waals surface area (Å²) in [5.41, 5.74) is 2.68. The number of fused-ring (bicyclic) bond motifs is 2. The van der Waals surface area contributed by atoms with Gasteiger partial charge in [-0.2, -0.15) is 0 Å². The van der Waals surface area contributed by atoms with Crippen LogP contribution in [0.2, 0.25) is 0 Å². The van der Waals surface area contributed by atoms with Gasteiger partial charge in [0, 0.05) is 44.6 Å². The van der Waals surface area contributed by atoms with E-state index in [9.17, 15) is 4.79 Å². The Morgan fingerprint density at radius 1 is 0.720 bits per heavy atom. The van der Waals surface area contributed by atoms with Crippen molar-refractivity contribution in [2.75, 3.05) is 26.2 Å². The molecule has 0 spiro atoms. The lowest BCUT2D eigenvalue weighted by Crippen LogP contribution is -2.47. The average Bonchev–Trinajstić information content (AvgIpc) is 2.72. The second-order valence-electron chi connectivity index (χ2n) is 7.49. The van der Waals surface area contributed by atoms with Gasteiger partial charge in [0.1, 0.15) is 5.78 Å². The quantitative estimate of drug-likeness (QED) is 0.858. The lowest BCUT2D eigenvalue weighted by atomic mass is 9.87. The van der Waals surface area contributed by atoms with Crippen molar-refractivity contribution in [1.82, 2.24) is 9.80 Å². The maximum absolute atomic E-state index is 12.8. The van der Waals surface area contributed by atoms with Crippen molar-refractivity contribution in [3.05, 3.63) is 71.8 Å². The summed E-state index contributed by atoms with van der Waals surface area (Å²) in [7, 11) is 0. The van der Waals surface area contributed by atoms with Gasteiger partial charge in [-0.25, -0.2) is 0 Å². The number of rotatable bonds is 4. The molecule has 0 aromatic heterocycles. The van der Waals surface area contributed by atoms with E-state index in [4.69, 9.17) is 0 Å². The number of Topliss-reactive ketones (excluding diaryl/α,β-unsaturated/α-hetero) is 1. The molecule has 2 aromatic rings. The SMILES string of the molecule is O=C1C2CCN(Cc3ccccc3)CC1CN(Cc1ccccc1)C2. The largest absolute Gasteiger partial charge is 0.299 e. The van der Waals surface area contributed by atoms with Crippen molar-refractivity contribution in [3.8, 4) is 0 Å². The van der Waals surface area contributed by atoms with Crippen molar-refractivity contribution in [2.24, 2.45) is 11.8 Å². The summed E-state index contributed by atoms with van der Waals surface area (Å²) >= 11 is 0. The number of carbonyl (C=O) groups excluding carboxylic acids is 1. The highest BCUT2D eigenvalue weighted by molar-refractivity contribution is 5.85.